The molecule has 4 rings (SSSR count). The van der Waals surface area contributed by atoms with Crippen molar-refractivity contribution in [2.24, 2.45) is 5.73 Å². The molecule has 0 radical (unpaired) electrons. The number of halogens is 2. The molecule has 0 aliphatic rings. The van der Waals surface area contributed by atoms with Gasteiger partial charge in [0.2, 0.25) is 0 Å². The third-order valence-corrected chi connectivity index (χ3v) is 4.43. The number of aromatic nitrogens is 3. The lowest BCUT2D eigenvalue weighted by Gasteiger charge is -2.12. The van der Waals surface area contributed by atoms with E-state index in [1.807, 2.05) is 22.9 Å². The Morgan fingerprint density at radius 2 is 2.04 bits per heavy atom. The molecule has 4 aromatic rings. The minimum Gasteiger partial charge on any atom is -0.456 e. The van der Waals surface area contributed by atoms with Crippen LogP contribution >= 0.6 is 11.6 Å². The van der Waals surface area contributed by atoms with E-state index in [4.69, 9.17) is 22.1 Å². The normalized spacial score (nSPS) is 11.0. The Morgan fingerprint density at radius 1 is 1.14 bits per heavy atom. The van der Waals surface area contributed by atoms with E-state index >= 15 is 0 Å². The highest BCUT2D eigenvalue weighted by molar-refractivity contribution is 6.32. The fraction of sp³-hybridized carbons (Fsp3) is 0.100. The van der Waals surface area contributed by atoms with Crippen molar-refractivity contribution in [3.05, 3.63) is 71.9 Å². The van der Waals surface area contributed by atoms with Crippen molar-refractivity contribution < 1.29 is 9.13 Å². The Balaban J connectivity index is 1.60. The lowest BCUT2D eigenvalue weighted by atomic mass is 10.3. The van der Waals surface area contributed by atoms with Gasteiger partial charge < -0.3 is 20.4 Å². The van der Waals surface area contributed by atoms with Crippen molar-refractivity contribution in [3.63, 3.8) is 0 Å². The van der Waals surface area contributed by atoms with Crippen molar-refractivity contribution in [2.45, 2.75) is 6.54 Å². The van der Waals surface area contributed by atoms with Gasteiger partial charge in [0, 0.05) is 31.0 Å². The van der Waals surface area contributed by atoms with Gasteiger partial charge >= 0.3 is 0 Å². The molecule has 6 nitrogen and oxygen atoms in total. The van der Waals surface area contributed by atoms with E-state index in [1.165, 1.54) is 18.5 Å². The van der Waals surface area contributed by atoms with Crippen LogP contribution in [0.5, 0.6) is 11.5 Å². The largest absolute Gasteiger partial charge is 0.456 e. The van der Waals surface area contributed by atoms with Gasteiger partial charge in [-0.15, -0.1) is 0 Å². The van der Waals surface area contributed by atoms with Crippen molar-refractivity contribution >= 4 is 34.1 Å². The molecule has 0 fully saturated rings. The molecule has 0 atom stereocenters. The Morgan fingerprint density at radius 3 is 2.82 bits per heavy atom. The van der Waals surface area contributed by atoms with Crippen molar-refractivity contribution in [1.29, 1.82) is 0 Å². The van der Waals surface area contributed by atoms with Crippen LogP contribution < -0.4 is 15.8 Å². The molecule has 0 spiro atoms. The molecule has 0 amide bonds. The van der Waals surface area contributed by atoms with Gasteiger partial charge in [0.25, 0.3) is 0 Å². The van der Waals surface area contributed by atoms with Crippen molar-refractivity contribution in [3.8, 4) is 11.5 Å². The number of nitrogens with one attached hydrogen (secondary N) is 1. The predicted octanol–water partition coefficient (Wildman–Crippen LogP) is 4.72. The van der Waals surface area contributed by atoms with E-state index in [9.17, 15) is 4.39 Å². The topological polar surface area (TPSA) is 78.0 Å². The molecule has 3 N–H and O–H groups in total. The Labute approximate surface area is 165 Å². The van der Waals surface area contributed by atoms with Crippen LogP contribution in [0, 0.1) is 5.82 Å². The maximum atomic E-state index is 13.3. The first-order valence-electron chi connectivity index (χ1n) is 8.64. The van der Waals surface area contributed by atoms with Gasteiger partial charge in [0.1, 0.15) is 29.2 Å². The number of anilines is 2. The zero-order valence-corrected chi connectivity index (χ0v) is 15.5. The Hall–Kier alpha value is -3.16. The number of nitrogens with two attached hydrogens (primary N) is 1. The van der Waals surface area contributed by atoms with Crippen LogP contribution in [0.4, 0.5) is 15.9 Å². The van der Waals surface area contributed by atoms with E-state index in [1.54, 1.807) is 24.3 Å². The number of ether oxygens (including phenoxy) is 1. The van der Waals surface area contributed by atoms with Crippen LogP contribution in [0.1, 0.15) is 0 Å². The van der Waals surface area contributed by atoms with Crippen LogP contribution in [0.25, 0.3) is 11.0 Å². The lowest BCUT2D eigenvalue weighted by molar-refractivity contribution is 0.477. The van der Waals surface area contributed by atoms with Gasteiger partial charge in [-0.2, -0.15) is 0 Å². The minimum absolute atomic E-state index is 0.375. The highest BCUT2D eigenvalue weighted by atomic mass is 35.5. The molecule has 28 heavy (non-hydrogen) atoms. The first kappa shape index (κ1) is 18.2. The SMILES string of the molecule is NCCn1ccc2ncnc(Nc3ccc(Oc4cccc(F)c4)c(Cl)c3)c21. The highest BCUT2D eigenvalue weighted by Crippen LogP contribution is 2.33. The zero-order valence-electron chi connectivity index (χ0n) is 14.8. The summed E-state index contributed by atoms with van der Waals surface area (Å²) in [5.74, 6) is 1.08. The molecule has 2 heterocycles. The summed E-state index contributed by atoms with van der Waals surface area (Å²) < 4.78 is 21.0. The molecule has 8 heteroatoms. The van der Waals surface area contributed by atoms with Crippen LogP contribution in [-0.2, 0) is 6.54 Å². The van der Waals surface area contributed by atoms with Gasteiger partial charge in [0.05, 0.1) is 10.5 Å². The summed E-state index contributed by atoms with van der Waals surface area (Å²) in [6.07, 6.45) is 3.43. The molecule has 0 bridgehead atoms. The van der Waals surface area contributed by atoms with E-state index in [-0.39, 0.29) is 5.82 Å². The van der Waals surface area contributed by atoms with Crippen molar-refractivity contribution in [1.82, 2.24) is 14.5 Å². The van der Waals surface area contributed by atoms with Gasteiger partial charge in [-0.05, 0) is 36.4 Å². The third-order valence-electron chi connectivity index (χ3n) is 4.14. The fourth-order valence-electron chi connectivity index (χ4n) is 2.91. The van der Waals surface area contributed by atoms with E-state index in [0.29, 0.717) is 35.4 Å². The monoisotopic (exact) mass is 397 g/mol. The van der Waals surface area contributed by atoms with Gasteiger partial charge in [-0.3, -0.25) is 0 Å². The van der Waals surface area contributed by atoms with Gasteiger partial charge in [-0.25, -0.2) is 14.4 Å². The maximum Gasteiger partial charge on any atom is 0.158 e. The van der Waals surface area contributed by atoms with Crippen LogP contribution in [0.2, 0.25) is 5.02 Å². The molecule has 0 aliphatic heterocycles. The summed E-state index contributed by atoms with van der Waals surface area (Å²) in [5.41, 5.74) is 8.11. The van der Waals surface area contributed by atoms with Crippen LogP contribution in [-0.4, -0.2) is 21.1 Å². The first-order chi connectivity index (χ1) is 13.6. The van der Waals surface area contributed by atoms with E-state index in [0.717, 1.165) is 16.7 Å². The minimum atomic E-state index is -0.375. The lowest BCUT2D eigenvalue weighted by Crippen LogP contribution is -2.10. The number of rotatable bonds is 6. The average Bonchev–Trinajstić information content (AvgIpc) is 3.09. The van der Waals surface area contributed by atoms with E-state index in [2.05, 4.69) is 15.3 Å². The Kier molecular flexibility index (Phi) is 5.10. The highest BCUT2D eigenvalue weighted by Gasteiger charge is 2.11. The maximum absolute atomic E-state index is 13.3. The molecule has 142 valence electrons. The molecule has 2 aromatic carbocycles. The summed E-state index contributed by atoms with van der Waals surface area (Å²) in [6.45, 7) is 1.17. The second-order valence-electron chi connectivity index (χ2n) is 6.08. The first-order valence-corrected chi connectivity index (χ1v) is 9.02. The van der Waals surface area contributed by atoms with Crippen molar-refractivity contribution in [2.75, 3.05) is 11.9 Å². The zero-order chi connectivity index (χ0) is 19.5. The molecule has 2 aromatic heterocycles. The fourth-order valence-corrected chi connectivity index (χ4v) is 3.12. The molecule has 0 saturated heterocycles. The van der Waals surface area contributed by atoms with Gasteiger partial charge in [-0.1, -0.05) is 17.7 Å². The summed E-state index contributed by atoms with van der Waals surface area (Å²) in [7, 11) is 0. The standard InChI is InChI=1S/C20H17ClFN5O/c21-16-11-14(4-5-18(16)28-15-3-1-2-13(22)10-15)26-20-19-17(24-12-25-20)6-8-27(19)9-7-23/h1-6,8,10-12H,7,9,23H2,(H,24,25,26). The second-order valence-corrected chi connectivity index (χ2v) is 6.49. The molecule has 0 saturated carbocycles. The number of benzene rings is 2. The Bertz CT molecular complexity index is 1130. The molecule has 0 unspecified atom stereocenters. The van der Waals surface area contributed by atoms with Crippen LogP contribution in [0.15, 0.2) is 61.1 Å². The summed E-state index contributed by atoms with van der Waals surface area (Å²) >= 11 is 6.35. The number of fused-ring (bicyclic) bond motifs is 1. The molecular weight excluding hydrogens is 381 g/mol. The average molecular weight is 398 g/mol. The summed E-state index contributed by atoms with van der Waals surface area (Å²) in [5, 5.41) is 3.65. The quantitative estimate of drug-likeness (QED) is 0.492. The second kappa shape index (κ2) is 7.84. The van der Waals surface area contributed by atoms with Crippen LogP contribution in [0.3, 0.4) is 0 Å². The number of hydrogen-bond donors (Lipinski definition) is 2. The summed E-state index contributed by atoms with van der Waals surface area (Å²) in [6, 6.07) is 13.1. The molecular formula is C20H17ClFN5O. The smallest absolute Gasteiger partial charge is 0.158 e. The molecule has 0 aliphatic carbocycles. The number of hydrogen-bond acceptors (Lipinski definition) is 5. The number of nitrogens with zero attached hydrogens (tertiary/aromatic N) is 3. The van der Waals surface area contributed by atoms with E-state index < -0.39 is 0 Å². The summed E-state index contributed by atoms with van der Waals surface area (Å²) in [4.78, 5) is 8.63. The predicted molar refractivity (Wildman–Crippen MR) is 108 cm³/mol. The third kappa shape index (κ3) is 3.76. The van der Waals surface area contributed by atoms with Gasteiger partial charge in [0.15, 0.2) is 5.82 Å².